The van der Waals surface area contributed by atoms with E-state index in [4.69, 9.17) is 15.0 Å². The molecule has 0 fully saturated rings. The van der Waals surface area contributed by atoms with E-state index >= 15 is 0 Å². The molecule has 0 atom stereocenters. The van der Waals surface area contributed by atoms with Gasteiger partial charge in [-0.25, -0.2) is 15.0 Å². The van der Waals surface area contributed by atoms with E-state index in [0.717, 1.165) is 22.4 Å². The van der Waals surface area contributed by atoms with Gasteiger partial charge < -0.3 is 4.57 Å². The fourth-order valence-electron chi connectivity index (χ4n) is 8.77. The summed E-state index contributed by atoms with van der Waals surface area (Å²) in [5.74, 6) is 1.75. The third-order valence-electron chi connectivity index (χ3n) is 11.3. The summed E-state index contributed by atoms with van der Waals surface area (Å²) in [5.41, 5.74) is 12.0. The van der Waals surface area contributed by atoms with Crippen molar-refractivity contribution in [3.63, 3.8) is 0 Å². The highest BCUT2D eigenvalue weighted by Crippen LogP contribution is 2.58. The summed E-state index contributed by atoms with van der Waals surface area (Å²) in [6, 6.07) is 54.9. The Balaban J connectivity index is 1.16. The van der Waals surface area contributed by atoms with Crippen LogP contribution in [0.15, 0.2) is 152 Å². The Bertz CT molecular complexity index is 3220. The number of nitriles is 1. The van der Waals surface area contributed by atoms with Crippen molar-refractivity contribution in [3.05, 3.63) is 168 Å². The van der Waals surface area contributed by atoms with Gasteiger partial charge in [-0.15, -0.1) is 11.3 Å². The van der Waals surface area contributed by atoms with Gasteiger partial charge in [0.2, 0.25) is 0 Å². The minimum atomic E-state index is -0.160. The number of para-hydroxylation sites is 1. The first-order valence-electron chi connectivity index (χ1n) is 18.4. The normalized spacial score (nSPS) is 13.0. The fourth-order valence-corrected chi connectivity index (χ4v) is 10.0. The molecular weight excluding hydrogens is 691 g/mol. The van der Waals surface area contributed by atoms with Gasteiger partial charge in [-0.05, 0) is 82.9 Å². The van der Waals surface area contributed by atoms with E-state index in [1.165, 1.54) is 64.2 Å². The summed E-state index contributed by atoms with van der Waals surface area (Å²) in [4.78, 5) is 14.8. The van der Waals surface area contributed by atoms with Gasteiger partial charge in [0, 0.05) is 54.0 Å². The third kappa shape index (κ3) is 4.60. The van der Waals surface area contributed by atoms with Gasteiger partial charge in [-0.3, -0.25) is 0 Å². The molecule has 0 aliphatic heterocycles. The topological polar surface area (TPSA) is 67.4 Å². The fraction of sp³-hybridized carbons (Fsp3) is 0.0612. The minimum absolute atomic E-state index is 0.160. The maximum Gasteiger partial charge on any atom is 0.164 e. The predicted molar refractivity (Wildman–Crippen MR) is 226 cm³/mol. The van der Waals surface area contributed by atoms with Gasteiger partial charge in [0.15, 0.2) is 17.5 Å². The molecule has 11 rings (SSSR count). The average molecular weight is 722 g/mol. The van der Waals surface area contributed by atoms with E-state index < -0.39 is 0 Å². The van der Waals surface area contributed by atoms with Gasteiger partial charge in [0.1, 0.15) is 0 Å². The zero-order chi connectivity index (χ0) is 36.8. The van der Waals surface area contributed by atoms with Crippen molar-refractivity contribution in [2.75, 3.05) is 0 Å². The van der Waals surface area contributed by atoms with E-state index in [0.29, 0.717) is 23.0 Å². The number of benzene rings is 7. The van der Waals surface area contributed by atoms with Crippen LogP contribution in [-0.2, 0) is 5.41 Å². The van der Waals surface area contributed by atoms with Crippen molar-refractivity contribution in [2.24, 2.45) is 0 Å². The summed E-state index contributed by atoms with van der Waals surface area (Å²) in [7, 11) is 0. The van der Waals surface area contributed by atoms with E-state index in [1.807, 2.05) is 53.8 Å². The van der Waals surface area contributed by atoms with Crippen LogP contribution in [0.3, 0.4) is 0 Å². The zero-order valence-corrected chi connectivity index (χ0v) is 30.9. The molecule has 6 heteroatoms. The summed E-state index contributed by atoms with van der Waals surface area (Å²) in [6.07, 6.45) is 0. The maximum atomic E-state index is 9.39. The van der Waals surface area contributed by atoms with E-state index in [-0.39, 0.29) is 5.41 Å². The molecule has 7 aromatic carbocycles. The molecule has 55 heavy (non-hydrogen) atoms. The molecule has 0 bridgehead atoms. The Morgan fingerprint density at radius 1 is 0.582 bits per heavy atom. The van der Waals surface area contributed by atoms with E-state index in [2.05, 4.69) is 122 Å². The maximum absolute atomic E-state index is 9.39. The van der Waals surface area contributed by atoms with Gasteiger partial charge in [0.05, 0.1) is 27.4 Å². The van der Waals surface area contributed by atoms with Gasteiger partial charge in [-0.1, -0.05) is 105 Å². The molecule has 5 nitrogen and oxygen atoms in total. The second-order valence-electron chi connectivity index (χ2n) is 14.7. The van der Waals surface area contributed by atoms with Crippen molar-refractivity contribution < 1.29 is 0 Å². The Morgan fingerprint density at radius 3 is 1.87 bits per heavy atom. The van der Waals surface area contributed by atoms with Crippen molar-refractivity contribution in [1.82, 2.24) is 19.5 Å². The smallest absolute Gasteiger partial charge is 0.164 e. The Hall–Kier alpha value is -6.94. The van der Waals surface area contributed by atoms with Crippen LogP contribution in [0.4, 0.5) is 0 Å². The van der Waals surface area contributed by atoms with Crippen LogP contribution in [0.1, 0.15) is 30.5 Å². The molecule has 0 spiro atoms. The molecule has 0 radical (unpaired) electrons. The van der Waals surface area contributed by atoms with Crippen molar-refractivity contribution in [2.45, 2.75) is 19.3 Å². The predicted octanol–water partition coefficient (Wildman–Crippen LogP) is 12.5. The van der Waals surface area contributed by atoms with Crippen LogP contribution in [-0.4, -0.2) is 19.5 Å². The number of hydrogen-bond donors (Lipinski definition) is 0. The molecule has 3 heterocycles. The Labute approximate surface area is 321 Å². The van der Waals surface area contributed by atoms with Gasteiger partial charge in [0.25, 0.3) is 0 Å². The second-order valence-corrected chi connectivity index (χ2v) is 15.8. The number of hydrogen-bond acceptors (Lipinski definition) is 5. The lowest BCUT2D eigenvalue weighted by atomic mass is 9.80. The third-order valence-corrected chi connectivity index (χ3v) is 12.4. The molecule has 0 amide bonds. The molecule has 0 unspecified atom stereocenters. The van der Waals surface area contributed by atoms with Gasteiger partial charge in [-0.2, -0.15) is 5.26 Å². The first-order valence-corrected chi connectivity index (χ1v) is 19.2. The second kappa shape index (κ2) is 11.8. The van der Waals surface area contributed by atoms with E-state index in [9.17, 15) is 5.26 Å². The highest BCUT2D eigenvalue weighted by Gasteiger charge is 2.40. The molecular formula is C49H31N5S. The molecule has 258 valence electrons. The molecule has 10 aromatic rings. The molecule has 0 saturated carbocycles. The summed E-state index contributed by atoms with van der Waals surface area (Å²) in [6.45, 7) is 4.79. The first-order chi connectivity index (χ1) is 27.0. The highest BCUT2D eigenvalue weighted by molar-refractivity contribution is 7.26. The largest absolute Gasteiger partial charge is 0.308 e. The summed E-state index contributed by atoms with van der Waals surface area (Å²) in [5, 5.41) is 14.6. The van der Waals surface area contributed by atoms with Crippen molar-refractivity contribution in [3.8, 4) is 57.0 Å². The number of thiophene rings is 1. The number of aromatic nitrogens is 4. The van der Waals surface area contributed by atoms with Crippen LogP contribution < -0.4 is 0 Å². The molecule has 3 aromatic heterocycles. The molecule has 0 N–H and O–H groups in total. The number of fused-ring (bicyclic) bond motifs is 12. The Morgan fingerprint density at radius 2 is 1.16 bits per heavy atom. The van der Waals surface area contributed by atoms with Crippen molar-refractivity contribution >= 4 is 53.3 Å². The van der Waals surface area contributed by atoms with E-state index in [1.54, 1.807) is 12.1 Å². The number of rotatable bonds is 4. The lowest BCUT2D eigenvalue weighted by Crippen LogP contribution is -2.15. The molecule has 1 aliphatic carbocycles. The monoisotopic (exact) mass is 721 g/mol. The standard InChI is InChI=1S/C49H31N5S/c1-49(2)37-17-9-6-14-34(37)40-41-35-15-7-10-18-38(35)54(44(41)45-42(43(40)49)36-16-8-11-19-39(36)55-45)33-26-24-32(25-27-33)48-52-46(30-12-4-3-5-13-30)51-47(53-48)31-22-20-29(28-50)21-23-31/h3-27H,1-2H3. The van der Waals surface area contributed by atoms with Crippen molar-refractivity contribution in [1.29, 1.82) is 5.26 Å². The minimum Gasteiger partial charge on any atom is -0.308 e. The summed E-state index contributed by atoms with van der Waals surface area (Å²) >= 11 is 1.90. The van der Waals surface area contributed by atoms with Crippen LogP contribution in [0, 0.1) is 11.3 Å². The highest BCUT2D eigenvalue weighted by atomic mass is 32.1. The van der Waals surface area contributed by atoms with Crippen LogP contribution in [0.5, 0.6) is 0 Å². The zero-order valence-electron chi connectivity index (χ0n) is 30.1. The van der Waals surface area contributed by atoms with Crippen LogP contribution >= 0.6 is 11.3 Å². The summed E-state index contributed by atoms with van der Waals surface area (Å²) < 4.78 is 5.08. The SMILES string of the molecule is CC1(C)c2ccccc2-c2c1c1c3ccccc3sc1c1c2c2ccccc2n1-c1ccc(-c2nc(-c3ccccc3)nc(-c3ccc(C#N)cc3)n2)cc1. The van der Waals surface area contributed by atoms with Crippen LogP contribution in [0.25, 0.3) is 93.0 Å². The lowest BCUT2D eigenvalue weighted by molar-refractivity contribution is 0.667. The molecule has 1 aliphatic rings. The number of nitrogens with zero attached hydrogens (tertiary/aromatic N) is 5. The molecule has 0 saturated heterocycles. The van der Waals surface area contributed by atoms with Crippen LogP contribution in [0.2, 0.25) is 0 Å². The quantitative estimate of drug-likeness (QED) is 0.181. The first kappa shape index (κ1) is 31.6. The van der Waals surface area contributed by atoms with Gasteiger partial charge >= 0.3 is 0 Å². The lowest BCUT2D eigenvalue weighted by Gasteiger charge is -2.23. The Kier molecular flexibility index (Phi) is 6.76. The average Bonchev–Trinajstić information content (AvgIpc) is 3.87.